The Morgan fingerprint density at radius 3 is 2.60 bits per heavy atom. The van der Waals surface area contributed by atoms with Gasteiger partial charge in [0.15, 0.2) is 0 Å². The number of carbonyl (C=O) groups excluding carboxylic acids is 1. The zero-order valence-corrected chi connectivity index (χ0v) is 12.1. The Morgan fingerprint density at radius 2 is 1.95 bits per heavy atom. The summed E-state index contributed by atoms with van der Waals surface area (Å²) in [6.45, 7) is 3.41. The molecule has 1 heterocycles. The molecule has 1 aliphatic heterocycles. The summed E-state index contributed by atoms with van der Waals surface area (Å²) in [6.07, 6.45) is 4.52. The van der Waals surface area contributed by atoms with Crippen molar-refractivity contribution in [3.8, 4) is 0 Å². The topological polar surface area (TPSA) is 58.4 Å². The number of nitrogens with one attached hydrogen (secondary N) is 1. The van der Waals surface area contributed by atoms with Gasteiger partial charge in [-0.15, -0.1) is 0 Å². The molecule has 1 aromatic rings. The second kappa shape index (κ2) is 8.02. The molecule has 0 unspecified atom stereocenters. The molecule has 1 saturated heterocycles. The van der Waals surface area contributed by atoms with E-state index < -0.39 is 0 Å². The van der Waals surface area contributed by atoms with Crippen LogP contribution in [0.2, 0.25) is 0 Å². The Labute approximate surface area is 121 Å². The molecule has 110 valence electrons. The molecular formula is C16H25N3O. The summed E-state index contributed by atoms with van der Waals surface area (Å²) in [5.41, 5.74) is 6.62. The smallest absolute Gasteiger partial charge is 0.231 e. The summed E-state index contributed by atoms with van der Waals surface area (Å²) in [5, 5.41) is 3.62. The van der Waals surface area contributed by atoms with Crippen molar-refractivity contribution in [2.24, 2.45) is 5.73 Å². The number of aryl methyl sites for hydroxylation is 1. The molecule has 0 spiro atoms. The minimum Gasteiger partial charge on any atom is -0.369 e. The molecule has 1 amide bonds. The van der Waals surface area contributed by atoms with Crippen LogP contribution in [0.5, 0.6) is 0 Å². The lowest BCUT2D eigenvalue weighted by Crippen LogP contribution is -2.45. The third kappa shape index (κ3) is 5.31. The zero-order chi connectivity index (χ0) is 14.2. The van der Waals surface area contributed by atoms with Gasteiger partial charge in [-0.25, -0.2) is 0 Å². The van der Waals surface area contributed by atoms with Gasteiger partial charge in [-0.05, 0) is 37.8 Å². The maximum Gasteiger partial charge on any atom is 0.231 e. The maximum absolute atomic E-state index is 10.9. The molecular weight excluding hydrogens is 250 g/mol. The summed E-state index contributed by atoms with van der Waals surface area (Å²) < 4.78 is 0. The van der Waals surface area contributed by atoms with E-state index >= 15 is 0 Å². The summed E-state index contributed by atoms with van der Waals surface area (Å²) in [4.78, 5) is 13.0. The van der Waals surface area contributed by atoms with Gasteiger partial charge in [-0.3, -0.25) is 9.69 Å². The predicted molar refractivity (Wildman–Crippen MR) is 81.4 cm³/mol. The monoisotopic (exact) mass is 275 g/mol. The first kappa shape index (κ1) is 15.0. The highest BCUT2D eigenvalue weighted by molar-refractivity contribution is 5.75. The second-order valence-corrected chi connectivity index (χ2v) is 5.56. The fourth-order valence-corrected chi connectivity index (χ4v) is 2.76. The van der Waals surface area contributed by atoms with Crippen LogP contribution in [0.15, 0.2) is 30.3 Å². The number of primary amides is 1. The first-order valence-electron chi connectivity index (χ1n) is 7.52. The third-order valence-electron chi connectivity index (χ3n) is 3.89. The molecule has 4 nitrogen and oxygen atoms in total. The number of nitrogens with zero attached hydrogens (tertiary/aromatic N) is 1. The molecule has 0 saturated carbocycles. The minimum atomic E-state index is -0.223. The van der Waals surface area contributed by atoms with Gasteiger partial charge < -0.3 is 11.1 Å². The van der Waals surface area contributed by atoms with E-state index in [-0.39, 0.29) is 5.91 Å². The van der Waals surface area contributed by atoms with Crippen molar-refractivity contribution in [2.75, 3.05) is 26.2 Å². The first-order chi connectivity index (χ1) is 9.74. The van der Waals surface area contributed by atoms with Crippen molar-refractivity contribution < 1.29 is 4.79 Å². The van der Waals surface area contributed by atoms with Crippen molar-refractivity contribution in [1.29, 1.82) is 0 Å². The van der Waals surface area contributed by atoms with Gasteiger partial charge >= 0.3 is 0 Å². The zero-order valence-electron chi connectivity index (χ0n) is 12.1. The van der Waals surface area contributed by atoms with Crippen LogP contribution < -0.4 is 11.1 Å². The predicted octanol–water partition coefficient (Wildman–Crippen LogP) is 1.16. The summed E-state index contributed by atoms with van der Waals surface area (Å²) in [5.74, 6) is -0.223. The SMILES string of the molecule is NC(=O)CN1CCC(NCCCc2ccccc2)CC1. The Hall–Kier alpha value is -1.39. The lowest BCUT2D eigenvalue weighted by molar-refractivity contribution is -0.119. The maximum atomic E-state index is 10.9. The summed E-state index contributed by atoms with van der Waals surface area (Å²) >= 11 is 0. The number of piperidine rings is 1. The standard InChI is InChI=1S/C16H25N3O/c17-16(20)13-19-11-8-15(9-12-19)18-10-4-7-14-5-2-1-3-6-14/h1-3,5-6,15,18H,4,7-13H2,(H2,17,20). The van der Waals surface area contributed by atoms with Gasteiger partial charge in [-0.2, -0.15) is 0 Å². The van der Waals surface area contributed by atoms with Gasteiger partial charge in [0, 0.05) is 19.1 Å². The summed E-state index contributed by atoms with van der Waals surface area (Å²) in [7, 11) is 0. The average molecular weight is 275 g/mol. The summed E-state index contributed by atoms with van der Waals surface area (Å²) in [6, 6.07) is 11.2. The Balaban J connectivity index is 1.56. The largest absolute Gasteiger partial charge is 0.369 e. The van der Waals surface area contributed by atoms with Crippen LogP contribution in [-0.4, -0.2) is 43.0 Å². The molecule has 1 fully saturated rings. The van der Waals surface area contributed by atoms with Crippen LogP contribution in [0.4, 0.5) is 0 Å². The highest BCUT2D eigenvalue weighted by atomic mass is 16.1. The molecule has 0 aromatic heterocycles. The molecule has 3 N–H and O–H groups in total. The molecule has 4 heteroatoms. The number of hydrogen-bond acceptors (Lipinski definition) is 3. The van der Waals surface area contributed by atoms with Crippen molar-refractivity contribution >= 4 is 5.91 Å². The van der Waals surface area contributed by atoms with E-state index in [1.165, 1.54) is 12.0 Å². The molecule has 0 radical (unpaired) electrons. The Morgan fingerprint density at radius 1 is 1.25 bits per heavy atom. The number of benzene rings is 1. The van der Waals surface area contributed by atoms with Crippen LogP contribution in [0, 0.1) is 0 Å². The number of likely N-dealkylation sites (tertiary alicyclic amines) is 1. The van der Waals surface area contributed by atoms with E-state index in [1.807, 2.05) is 0 Å². The average Bonchev–Trinajstić information content (AvgIpc) is 2.46. The van der Waals surface area contributed by atoms with Gasteiger partial charge in [0.25, 0.3) is 0 Å². The van der Waals surface area contributed by atoms with E-state index in [0.717, 1.165) is 38.9 Å². The van der Waals surface area contributed by atoms with Crippen molar-refractivity contribution in [3.63, 3.8) is 0 Å². The number of amides is 1. The van der Waals surface area contributed by atoms with Gasteiger partial charge in [0.05, 0.1) is 6.54 Å². The van der Waals surface area contributed by atoms with E-state index in [4.69, 9.17) is 5.73 Å². The lowest BCUT2D eigenvalue weighted by atomic mass is 10.0. The second-order valence-electron chi connectivity index (χ2n) is 5.56. The van der Waals surface area contributed by atoms with Gasteiger partial charge in [0.1, 0.15) is 0 Å². The van der Waals surface area contributed by atoms with Crippen molar-refractivity contribution in [1.82, 2.24) is 10.2 Å². The quantitative estimate of drug-likeness (QED) is 0.734. The van der Waals surface area contributed by atoms with E-state index in [0.29, 0.717) is 12.6 Å². The molecule has 20 heavy (non-hydrogen) atoms. The van der Waals surface area contributed by atoms with E-state index in [9.17, 15) is 4.79 Å². The van der Waals surface area contributed by atoms with Crippen LogP contribution in [0.25, 0.3) is 0 Å². The Bertz CT molecular complexity index is 399. The van der Waals surface area contributed by atoms with Crippen molar-refractivity contribution in [3.05, 3.63) is 35.9 Å². The van der Waals surface area contributed by atoms with E-state index in [1.54, 1.807) is 0 Å². The number of carbonyl (C=O) groups is 1. The molecule has 0 bridgehead atoms. The highest BCUT2D eigenvalue weighted by Gasteiger charge is 2.19. The number of hydrogen-bond donors (Lipinski definition) is 2. The third-order valence-corrected chi connectivity index (χ3v) is 3.89. The van der Waals surface area contributed by atoms with Crippen LogP contribution in [0.3, 0.4) is 0 Å². The van der Waals surface area contributed by atoms with Gasteiger partial charge in [0.2, 0.25) is 5.91 Å². The molecule has 1 aromatic carbocycles. The minimum absolute atomic E-state index is 0.223. The normalized spacial score (nSPS) is 17.2. The first-order valence-corrected chi connectivity index (χ1v) is 7.52. The number of nitrogens with two attached hydrogens (primary N) is 1. The molecule has 2 rings (SSSR count). The van der Waals surface area contributed by atoms with E-state index in [2.05, 4.69) is 40.5 Å². The highest BCUT2D eigenvalue weighted by Crippen LogP contribution is 2.10. The van der Waals surface area contributed by atoms with Gasteiger partial charge in [-0.1, -0.05) is 30.3 Å². The molecule has 0 aliphatic carbocycles. The number of rotatable bonds is 7. The lowest BCUT2D eigenvalue weighted by Gasteiger charge is -2.31. The van der Waals surface area contributed by atoms with Crippen LogP contribution in [0.1, 0.15) is 24.8 Å². The van der Waals surface area contributed by atoms with Crippen LogP contribution >= 0.6 is 0 Å². The van der Waals surface area contributed by atoms with Crippen molar-refractivity contribution in [2.45, 2.75) is 31.7 Å². The fraction of sp³-hybridized carbons (Fsp3) is 0.562. The van der Waals surface area contributed by atoms with Crippen LogP contribution in [-0.2, 0) is 11.2 Å². The Kier molecular flexibility index (Phi) is 6.02. The molecule has 1 aliphatic rings. The fourth-order valence-electron chi connectivity index (χ4n) is 2.76. The molecule has 0 atom stereocenters.